The van der Waals surface area contributed by atoms with Gasteiger partial charge >= 0.3 is 6.36 Å². The van der Waals surface area contributed by atoms with E-state index in [0.717, 1.165) is 41.6 Å². The van der Waals surface area contributed by atoms with Crippen molar-refractivity contribution in [2.45, 2.75) is 19.3 Å². The lowest BCUT2D eigenvalue weighted by molar-refractivity contribution is -0.697. The molecule has 2 aromatic heterocycles. The van der Waals surface area contributed by atoms with E-state index in [0.29, 0.717) is 29.8 Å². The van der Waals surface area contributed by atoms with Gasteiger partial charge in [-0.1, -0.05) is 0 Å². The number of aromatic nitrogens is 2. The molecule has 240 valence electrons. The maximum Gasteiger partial charge on any atom is 0.573 e. The average molecular weight is 642 g/mol. The molecule has 0 spiro atoms. The molecule has 0 saturated carbocycles. The normalized spacial score (nSPS) is 12.3. The van der Waals surface area contributed by atoms with Gasteiger partial charge in [0, 0.05) is 66.9 Å². The number of nitrogens with two attached hydrogens (primary N) is 1. The number of pyridine rings is 2. The number of rotatable bonds is 15. The van der Waals surface area contributed by atoms with Gasteiger partial charge in [0.25, 0.3) is 0 Å². The number of aldehydes is 2. The average Bonchev–Trinajstić information content (AvgIpc) is 3.06. The van der Waals surface area contributed by atoms with Crippen molar-refractivity contribution in [3.63, 3.8) is 0 Å². The number of halogens is 3. The first-order valence-electron chi connectivity index (χ1n) is 14.6. The Morgan fingerprint density at radius 1 is 0.766 bits per heavy atom. The number of alkyl halides is 3. The van der Waals surface area contributed by atoms with Crippen molar-refractivity contribution in [2.75, 3.05) is 17.6 Å². The molecule has 2 aromatic carbocycles. The van der Waals surface area contributed by atoms with Crippen molar-refractivity contribution >= 4 is 35.1 Å². The van der Waals surface area contributed by atoms with Crippen LogP contribution in [0.25, 0.3) is 16.8 Å². The molecule has 8 nitrogen and oxygen atoms in total. The first-order chi connectivity index (χ1) is 22.7. The highest BCUT2D eigenvalue weighted by atomic mass is 19.4. The van der Waals surface area contributed by atoms with Crippen LogP contribution in [0, 0.1) is 0 Å². The van der Waals surface area contributed by atoms with Crippen LogP contribution in [0.2, 0.25) is 0 Å². The summed E-state index contributed by atoms with van der Waals surface area (Å²) in [6.07, 6.45) is 15.1. The summed E-state index contributed by atoms with van der Waals surface area (Å²) in [4.78, 5) is 22.5. The molecular formula is C36H34F3N5O3+2. The van der Waals surface area contributed by atoms with Crippen LogP contribution >= 0.6 is 0 Å². The number of ether oxygens (including phenoxy) is 1. The van der Waals surface area contributed by atoms with Crippen LogP contribution in [0.3, 0.4) is 0 Å². The van der Waals surface area contributed by atoms with Crippen LogP contribution in [0.4, 0.5) is 24.5 Å². The highest BCUT2D eigenvalue weighted by Gasteiger charge is 2.31. The van der Waals surface area contributed by atoms with Gasteiger partial charge in [0.1, 0.15) is 24.9 Å². The largest absolute Gasteiger partial charge is 0.573 e. The Hall–Kier alpha value is -5.97. The molecule has 0 aliphatic carbocycles. The molecular weight excluding hydrogens is 607 g/mol. The molecule has 11 heteroatoms. The Morgan fingerprint density at radius 2 is 1.34 bits per heavy atom. The molecule has 0 unspecified atom stereocenters. The molecule has 47 heavy (non-hydrogen) atoms. The predicted octanol–water partition coefficient (Wildman–Crippen LogP) is 5.72. The summed E-state index contributed by atoms with van der Waals surface area (Å²) in [7, 11) is 0. The summed E-state index contributed by atoms with van der Waals surface area (Å²) in [6, 6.07) is 20.4. The molecule has 0 aliphatic heterocycles. The predicted molar refractivity (Wildman–Crippen MR) is 175 cm³/mol. The third-order valence-electron chi connectivity index (χ3n) is 6.79. The third-order valence-corrected chi connectivity index (χ3v) is 6.79. The first kappa shape index (κ1) is 33.9. The van der Waals surface area contributed by atoms with E-state index in [1.807, 2.05) is 54.9 Å². The van der Waals surface area contributed by atoms with E-state index < -0.39 is 6.36 Å². The Bertz CT molecular complexity index is 1730. The minimum absolute atomic E-state index is 0.297. The fourth-order valence-electron chi connectivity index (χ4n) is 4.46. The number of anilines is 2. The van der Waals surface area contributed by atoms with E-state index in [1.165, 1.54) is 36.4 Å². The number of benzene rings is 2. The molecule has 0 aliphatic rings. The molecule has 4 rings (SSSR count). The highest BCUT2D eigenvalue weighted by molar-refractivity contribution is 5.86. The standard InChI is InChI=1S/C36H32F3N5O3/c37-36(38,39)47-35-8-6-34(7-9-35)44-24-14-31(15-25-44)28(16-26-45)10-19-41-18-1-21-43-22-12-30(13-23-43)29(17-27-46)11-20-42-33-4-2-32(40)3-5-33/h2-17,19-20,22-27,40H,1,18,21H2,(H-,41,45,46)/p+2. The number of aryl methyl sites for hydroxylation is 1. The zero-order valence-corrected chi connectivity index (χ0v) is 25.3. The molecule has 0 fully saturated rings. The number of carbonyl (C=O) groups excluding carboxylic acids is 2. The molecule has 0 bridgehead atoms. The van der Waals surface area contributed by atoms with Gasteiger partial charge in [0.2, 0.25) is 5.69 Å². The Balaban J connectivity index is 1.25. The van der Waals surface area contributed by atoms with Crippen molar-refractivity contribution in [3.05, 3.63) is 145 Å². The Morgan fingerprint density at radius 3 is 1.91 bits per heavy atom. The molecule has 0 amide bonds. The van der Waals surface area contributed by atoms with Crippen molar-refractivity contribution in [2.24, 2.45) is 0 Å². The quantitative estimate of drug-likeness (QED) is 0.0384. The van der Waals surface area contributed by atoms with Crippen molar-refractivity contribution in [1.82, 2.24) is 5.32 Å². The second kappa shape index (κ2) is 16.9. The first-order valence-corrected chi connectivity index (χ1v) is 14.6. The van der Waals surface area contributed by atoms with E-state index in [4.69, 9.17) is 5.73 Å². The van der Waals surface area contributed by atoms with Gasteiger partial charge < -0.3 is 21.1 Å². The van der Waals surface area contributed by atoms with Crippen molar-refractivity contribution in [3.8, 4) is 11.4 Å². The molecule has 0 radical (unpaired) electrons. The van der Waals surface area contributed by atoms with Gasteiger partial charge in [-0.25, -0.2) is 4.57 Å². The fraction of sp³-hybridized carbons (Fsp3) is 0.111. The number of nitrogen functional groups attached to an aromatic ring is 1. The second-order valence-electron chi connectivity index (χ2n) is 10.1. The summed E-state index contributed by atoms with van der Waals surface area (Å²) in [6.45, 7) is 1.46. The molecule has 2 heterocycles. The van der Waals surface area contributed by atoms with Gasteiger partial charge in [0.05, 0.1) is 0 Å². The Kier molecular flexibility index (Phi) is 12.2. The lowest BCUT2D eigenvalue weighted by Gasteiger charge is -2.08. The van der Waals surface area contributed by atoms with Gasteiger partial charge in [-0.2, -0.15) is 4.57 Å². The summed E-state index contributed by atoms with van der Waals surface area (Å²) >= 11 is 0. The maximum atomic E-state index is 12.4. The summed E-state index contributed by atoms with van der Waals surface area (Å²) < 4.78 is 44.9. The topological polar surface area (TPSA) is 101 Å². The monoisotopic (exact) mass is 641 g/mol. The molecule has 4 aromatic rings. The molecule has 0 saturated heterocycles. The maximum absolute atomic E-state index is 12.4. The molecule has 0 atom stereocenters. The van der Waals surface area contributed by atoms with Crippen LogP contribution in [0.5, 0.6) is 5.75 Å². The summed E-state index contributed by atoms with van der Waals surface area (Å²) in [5.74, 6) is -0.297. The summed E-state index contributed by atoms with van der Waals surface area (Å²) in [5, 5.41) is 6.40. The number of allylic oxidation sites excluding steroid dienone is 6. The van der Waals surface area contributed by atoms with Crippen molar-refractivity contribution in [1.29, 1.82) is 0 Å². The minimum atomic E-state index is -4.75. The van der Waals surface area contributed by atoms with Crippen LogP contribution in [0.15, 0.2) is 134 Å². The van der Waals surface area contributed by atoms with E-state index >= 15 is 0 Å². The van der Waals surface area contributed by atoms with Crippen LogP contribution in [-0.4, -0.2) is 25.5 Å². The number of nitrogens with one attached hydrogen (secondary N) is 2. The third kappa shape index (κ3) is 11.2. The number of hydrogen-bond donors (Lipinski definition) is 3. The zero-order chi connectivity index (χ0) is 33.5. The van der Waals surface area contributed by atoms with Gasteiger partial charge in [-0.05, 0) is 89.2 Å². The van der Waals surface area contributed by atoms with Crippen molar-refractivity contribution < 1.29 is 36.6 Å². The number of nitrogens with zero attached hydrogens (tertiary/aromatic N) is 2. The van der Waals surface area contributed by atoms with Gasteiger partial charge in [0.15, 0.2) is 24.8 Å². The van der Waals surface area contributed by atoms with Crippen LogP contribution < -0.4 is 30.2 Å². The molecule has 4 N–H and O–H groups in total. The fourth-order valence-corrected chi connectivity index (χ4v) is 4.46. The van der Waals surface area contributed by atoms with Gasteiger partial charge in [-0.15, -0.1) is 13.2 Å². The minimum Gasteiger partial charge on any atom is -0.406 e. The van der Waals surface area contributed by atoms with E-state index in [1.54, 1.807) is 47.6 Å². The lowest BCUT2D eigenvalue weighted by Crippen LogP contribution is -2.33. The van der Waals surface area contributed by atoms with Gasteiger partial charge in [-0.3, -0.25) is 9.59 Å². The van der Waals surface area contributed by atoms with Crippen LogP contribution in [-0.2, 0) is 16.1 Å². The smallest absolute Gasteiger partial charge is 0.406 e. The Labute approximate surface area is 270 Å². The van der Waals surface area contributed by atoms with E-state index in [2.05, 4.69) is 19.9 Å². The number of carbonyl (C=O) groups is 2. The summed E-state index contributed by atoms with van der Waals surface area (Å²) in [5.41, 5.74) is 11.1. The van der Waals surface area contributed by atoms with Crippen LogP contribution in [0.1, 0.15) is 17.5 Å². The highest BCUT2D eigenvalue weighted by Crippen LogP contribution is 2.23. The van der Waals surface area contributed by atoms with E-state index in [-0.39, 0.29) is 5.75 Å². The number of hydrogen-bond acceptors (Lipinski definition) is 6. The SMILES string of the molecule is Nc1ccc(NC=CC(=CC=O)c2cc[n+](CCCNC=CC(=CC=O)c3cc[n+](-c4ccc(OC(F)(F)F)cc4)cc3)cc2)cc1. The second-order valence-corrected chi connectivity index (χ2v) is 10.1. The zero-order valence-electron chi connectivity index (χ0n) is 25.3. The van der Waals surface area contributed by atoms with E-state index in [9.17, 15) is 22.8 Å². The lowest BCUT2D eigenvalue weighted by atomic mass is 10.1.